The van der Waals surface area contributed by atoms with Crippen LogP contribution in [0.25, 0.3) is 11.1 Å². The Morgan fingerprint density at radius 3 is 2.59 bits per heavy atom. The number of H-pyrrole nitrogens is 1. The van der Waals surface area contributed by atoms with Gasteiger partial charge in [-0.25, -0.2) is 4.79 Å². The van der Waals surface area contributed by atoms with Crippen molar-refractivity contribution in [1.82, 2.24) is 9.88 Å². The van der Waals surface area contributed by atoms with Crippen LogP contribution in [0.2, 0.25) is 0 Å². The topological polar surface area (TPSA) is 49.2 Å². The summed E-state index contributed by atoms with van der Waals surface area (Å²) in [4.78, 5) is 16.8. The number of oxazole rings is 1. The van der Waals surface area contributed by atoms with Crippen LogP contribution in [0.15, 0.2) is 57.7 Å². The molecule has 4 rings (SSSR count). The highest BCUT2D eigenvalue weighted by Gasteiger charge is 2.28. The van der Waals surface area contributed by atoms with Crippen molar-refractivity contribution < 1.29 is 4.42 Å². The molecule has 1 aliphatic carbocycles. The molecule has 1 heterocycles. The molecule has 0 aliphatic heterocycles. The molecule has 0 bridgehead atoms. The number of hydrogen-bond donors (Lipinski definition) is 1. The fourth-order valence-electron chi connectivity index (χ4n) is 5.07. The molecule has 1 aliphatic rings. The van der Waals surface area contributed by atoms with Gasteiger partial charge < -0.3 is 4.42 Å². The Balaban J connectivity index is 1.34. The van der Waals surface area contributed by atoms with Crippen LogP contribution in [-0.2, 0) is 6.42 Å². The van der Waals surface area contributed by atoms with Crippen molar-refractivity contribution in [2.24, 2.45) is 0 Å². The maximum Gasteiger partial charge on any atom is 0.417 e. The molecule has 0 radical (unpaired) electrons. The van der Waals surface area contributed by atoms with E-state index in [-0.39, 0.29) is 5.76 Å². The van der Waals surface area contributed by atoms with Crippen LogP contribution in [0.1, 0.15) is 63.0 Å². The smallest absolute Gasteiger partial charge is 0.408 e. The van der Waals surface area contributed by atoms with Crippen LogP contribution >= 0.6 is 0 Å². The second kappa shape index (κ2) is 9.00. The van der Waals surface area contributed by atoms with Gasteiger partial charge in [0.25, 0.3) is 0 Å². The van der Waals surface area contributed by atoms with Gasteiger partial charge in [0, 0.05) is 12.1 Å². The predicted molar refractivity (Wildman–Crippen MR) is 118 cm³/mol. The molecule has 1 saturated carbocycles. The molecule has 1 atom stereocenters. The highest BCUT2D eigenvalue weighted by molar-refractivity contribution is 5.72. The molecule has 4 heteroatoms. The minimum Gasteiger partial charge on any atom is -0.408 e. The van der Waals surface area contributed by atoms with Crippen molar-refractivity contribution in [3.05, 3.63) is 70.2 Å². The number of hydrogen-bond acceptors (Lipinski definition) is 3. The minimum atomic E-state index is -0.371. The van der Waals surface area contributed by atoms with E-state index >= 15 is 0 Å². The van der Waals surface area contributed by atoms with E-state index in [1.807, 2.05) is 6.07 Å². The zero-order chi connectivity index (χ0) is 20.2. The number of aromatic nitrogens is 1. The van der Waals surface area contributed by atoms with E-state index in [0.717, 1.165) is 18.5 Å². The first-order chi connectivity index (χ1) is 14.1. The highest BCUT2D eigenvalue weighted by atomic mass is 16.4. The van der Waals surface area contributed by atoms with Crippen molar-refractivity contribution in [2.45, 2.75) is 70.4 Å². The van der Waals surface area contributed by atoms with E-state index in [1.54, 1.807) is 0 Å². The number of fused-ring (bicyclic) bond motifs is 1. The Morgan fingerprint density at radius 1 is 1.10 bits per heavy atom. The largest absolute Gasteiger partial charge is 0.417 e. The van der Waals surface area contributed by atoms with Gasteiger partial charge in [0.2, 0.25) is 0 Å². The number of aryl methyl sites for hydroxylation is 1. The lowest BCUT2D eigenvalue weighted by molar-refractivity contribution is 0.109. The lowest BCUT2D eigenvalue weighted by atomic mass is 9.80. The second-order valence-electron chi connectivity index (χ2n) is 8.48. The molecule has 0 spiro atoms. The van der Waals surface area contributed by atoms with Crippen LogP contribution < -0.4 is 5.76 Å². The Labute approximate surface area is 172 Å². The monoisotopic (exact) mass is 392 g/mol. The molecule has 154 valence electrons. The summed E-state index contributed by atoms with van der Waals surface area (Å²) < 4.78 is 5.25. The molecule has 1 fully saturated rings. The van der Waals surface area contributed by atoms with E-state index in [4.69, 9.17) is 4.42 Å². The van der Waals surface area contributed by atoms with Gasteiger partial charge in [0.1, 0.15) is 0 Å². The highest BCUT2D eigenvalue weighted by Crippen LogP contribution is 2.36. The number of nitrogens with zero attached hydrogens (tertiary/aromatic N) is 1. The average molecular weight is 393 g/mol. The molecule has 29 heavy (non-hydrogen) atoms. The van der Waals surface area contributed by atoms with Gasteiger partial charge in [0.05, 0.1) is 5.52 Å². The van der Waals surface area contributed by atoms with Gasteiger partial charge in [-0.3, -0.25) is 9.88 Å². The number of aromatic amines is 1. The van der Waals surface area contributed by atoms with Crippen molar-refractivity contribution in [3.8, 4) is 0 Å². The molecule has 0 unspecified atom stereocenters. The zero-order valence-corrected chi connectivity index (χ0v) is 17.6. The summed E-state index contributed by atoms with van der Waals surface area (Å²) in [6.45, 7) is 5.80. The summed E-state index contributed by atoms with van der Waals surface area (Å²) in [5.74, 6) is 0.193. The van der Waals surface area contributed by atoms with Crippen molar-refractivity contribution in [3.63, 3.8) is 0 Å². The van der Waals surface area contributed by atoms with Gasteiger partial charge in [-0.05, 0) is 81.2 Å². The minimum absolute atomic E-state index is 0.371. The fourth-order valence-corrected chi connectivity index (χ4v) is 5.07. The molecular formula is C25H32N2O2. The van der Waals surface area contributed by atoms with Crippen LogP contribution in [0, 0.1) is 0 Å². The first-order valence-electron chi connectivity index (χ1n) is 11.1. The zero-order valence-electron chi connectivity index (χ0n) is 17.6. The Hall–Kier alpha value is -2.33. The Bertz CT molecular complexity index is 967. The van der Waals surface area contributed by atoms with E-state index in [0.29, 0.717) is 23.6 Å². The summed E-state index contributed by atoms with van der Waals surface area (Å²) in [6, 6.07) is 18.3. The van der Waals surface area contributed by atoms with E-state index in [2.05, 4.69) is 66.2 Å². The van der Waals surface area contributed by atoms with Crippen molar-refractivity contribution in [1.29, 1.82) is 0 Å². The maximum absolute atomic E-state index is 11.4. The molecule has 0 saturated heterocycles. The van der Waals surface area contributed by atoms with E-state index < -0.39 is 0 Å². The van der Waals surface area contributed by atoms with Crippen LogP contribution in [0.3, 0.4) is 0 Å². The van der Waals surface area contributed by atoms with Gasteiger partial charge in [-0.15, -0.1) is 0 Å². The SMILES string of the molecule is CCN([C@H]1CC[C@H](c2ccc3[nH]c(=O)oc3c2)CC1)[C@H](C)CCc1ccccc1. The Morgan fingerprint density at radius 2 is 1.86 bits per heavy atom. The standard InChI is InChI=1S/C25H32N2O2/c1-3-27(18(2)9-10-19-7-5-4-6-8-19)22-14-11-20(12-15-22)21-13-16-23-24(17-21)29-25(28)26-23/h4-8,13,16-18,20,22H,3,9-12,14-15H2,1-2H3,(H,26,28)/t18-,20-,22-/m1/s1. The van der Waals surface area contributed by atoms with Gasteiger partial charge in [-0.2, -0.15) is 0 Å². The quantitative estimate of drug-likeness (QED) is 0.578. The molecule has 1 aromatic heterocycles. The lowest BCUT2D eigenvalue weighted by Crippen LogP contribution is -2.43. The molecule has 0 amide bonds. The maximum atomic E-state index is 11.4. The number of benzene rings is 2. The molecule has 3 aromatic rings. The van der Waals surface area contributed by atoms with Crippen molar-refractivity contribution in [2.75, 3.05) is 6.54 Å². The normalized spacial score (nSPS) is 20.9. The third-order valence-electron chi connectivity index (χ3n) is 6.71. The summed E-state index contributed by atoms with van der Waals surface area (Å²) in [6.07, 6.45) is 7.24. The van der Waals surface area contributed by atoms with Gasteiger partial charge in [-0.1, -0.05) is 43.3 Å². The summed E-state index contributed by atoms with van der Waals surface area (Å²) in [5.41, 5.74) is 4.21. The third-order valence-corrected chi connectivity index (χ3v) is 6.71. The third kappa shape index (κ3) is 4.64. The first-order valence-corrected chi connectivity index (χ1v) is 11.1. The predicted octanol–water partition coefficient (Wildman–Crippen LogP) is 5.49. The molecule has 1 N–H and O–H groups in total. The molecule has 2 aromatic carbocycles. The number of nitrogens with one attached hydrogen (secondary N) is 1. The summed E-state index contributed by atoms with van der Waals surface area (Å²) >= 11 is 0. The lowest BCUT2D eigenvalue weighted by Gasteiger charge is -2.40. The summed E-state index contributed by atoms with van der Waals surface area (Å²) in [5, 5.41) is 0. The Kier molecular flexibility index (Phi) is 6.19. The van der Waals surface area contributed by atoms with Crippen LogP contribution in [-0.4, -0.2) is 28.5 Å². The van der Waals surface area contributed by atoms with Gasteiger partial charge in [0.15, 0.2) is 5.58 Å². The van der Waals surface area contributed by atoms with Crippen LogP contribution in [0.5, 0.6) is 0 Å². The second-order valence-corrected chi connectivity index (χ2v) is 8.48. The summed E-state index contributed by atoms with van der Waals surface area (Å²) in [7, 11) is 0. The first kappa shape index (κ1) is 20.0. The fraction of sp³-hybridized carbons (Fsp3) is 0.480. The van der Waals surface area contributed by atoms with Gasteiger partial charge >= 0.3 is 5.76 Å². The average Bonchev–Trinajstić information content (AvgIpc) is 3.13. The molecule has 4 nitrogen and oxygen atoms in total. The molecular weight excluding hydrogens is 360 g/mol. The van der Waals surface area contributed by atoms with Crippen molar-refractivity contribution >= 4 is 11.1 Å². The van der Waals surface area contributed by atoms with Crippen LogP contribution in [0.4, 0.5) is 0 Å². The van der Waals surface area contributed by atoms with E-state index in [1.165, 1.54) is 43.2 Å². The van der Waals surface area contributed by atoms with E-state index in [9.17, 15) is 4.79 Å². The number of rotatable bonds is 7.